The Labute approximate surface area is 72.4 Å². The molecule has 11 heavy (non-hydrogen) atoms. The molecular weight excluding hydrogens is 133 g/mol. The van der Waals surface area contributed by atoms with Crippen molar-refractivity contribution in [3.05, 3.63) is 0 Å². The first-order chi connectivity index (χ1) is 4.63. The van der Waals surface area contributed by atoms with E-state index in [1.807, 2.05) is 0 Å². The van der Waals surface area contributed by atoms with Crippen molar-refractivity contribution in [2.75, 3.05) is 7.05 Å². The van der Waals surface area contributed by atoms with Crippen molar-refractivity contribution in [1.82, 2.24) is 4.81 Å². The molecule has 2 heteroatoms. The highest BCUT2D eigenvalue weighted by atomic mass is 15.1. The van der Waals surface area contributed by atoms with Crippen LogP contribution >= 0.6 is 0 Å². The molecule has 0 aromatic carbocycles. The second-order valence-electron chi connectivity index (χ2n) is 5.28. The van der Waals surface area contributed by atoms with E-state index >= 15 is 0 Å². The maximum Gasteiger partial charge on any atom is 0.214 e. The average Bonchev–Trinajstić information content (AvgIpc) is 1.56. The lowest BCUT2D eigenvalue weighted by atomic mass is 9.62. The molecule has 0 aromatic rings. The van der Waals surface area contributed by atoms with Gasteiger partial charge in [0.15, 0.2) is 0 Å². The molecule has 0 amide bonds. The maximum atomic E-state index is 2.27. The molecule has 0 aliphatic carbocycles. The summed E-state index contributed by atoms with van der Waals surface area (Å²) in [4.78, 5) is 2.27. The van der Waals surface area contributed by atoms with E-state index in [9.17, 15) is 0 Å². The van der Waals surface area contributed by atoms with E-state index in [0.29, 0.717) is 0 Å². The molecule has 65 valence electrons. The molecule has 0 saturated carbocycles. The molecule has 0 saturated heterocycles. The summed E-state index contributed by atoms with van der Waals surface area (Å²) in [7, 11) is 4.40. The van der Waals surface area contributed by atoms with Crippen LogP contribution < -0.4 is 0 Å². The molecule has 0 aliphatic heterocycles. The number of hydrogen-bond acceptors (Lipinski definition) is 1. The Hall–Kier alpha value is 0.0249. The Kier molecular flexibility index (Phi) is 3.19. The zero-order chi connectivity index (χ0) is 9.28. The molecule has 0 unspecified atom stereocenters. The minimum Gasteiger partial charge on any atom is -0.344 e. The lowest BCUT2D eigenvalue weighted by Gasteiger charge is -2.36. The van der Waals surface area contributed by atoms with E-state index < -0.39 is 0 Å². The summed E-state index contributed by atoms with van der Waals surface area (Å²) in [6.45, 7) is 13.3. The first-order valence-electron chi connectivity index (χ1n) is 4.22. The first kappa shape index (κ1) is 11.0. The number of nitrogens with zero attached hydrogens (tertiary/aromatic N) is 1. The molecule has 0 N–H and O–H groups in total. The average molecular weight is 154 g/mol. The summed E-state index contributed by atoms with van der Waals surface area (Å²) in [6, 6.07) is 0. The zero-order valence-electron chi connectivity index (χ0n) is 9.02. The van der Waals surface area contributed by atoms with Crippen LogP contribution in [0.15, 0.2) is 0 Å². The number of hydrogen-bond donors (Lipinski definition) is 0. The Bertz CT molecular complexity index is 119. The molecular formula is C9H21BN. The van der Waals surface area contributed by atoms with E-state index in [1.165, 1.54) is 0 Å². The molecule has 0 aliphatic rings. The third-order valence-electron chi connectivity index (χ3n) is 1.64. The van der Waals surface area contributed by atoms with Crippen LogP contribution in [0, 0.1) is 0 Å². The standard InChI is InChI=1S/C9H21BN/c1-8(2,3)10-11(7)9(4,5)6/h1-7H3. The highest BCUT2D eigenvalue weighted by molar-refractivity contribution is 6.36. The van der Waals surface area contributed by atoms with Gasteiger partial charge in [-0.3, -0.25) is 0 Å². The van der Waals surface area contributed by atoms with Gasteiger partial charge in [-0.05, 0) is 33.1 Å². The molecule has 0 bridgehead atoms. The predicted octanol–water partition coefficient (Wildman–Crippen LogP) is 2.55. The van der Waals surface area contributed by atoms with Crippen LogP contribution in [0.5, 0.6) is 0 Å². The quantitative estimate of drug-likeness (QED) is 0.524. The van der Waals surface area contributed by atoms with Gasteiger partial charge in [0.05, 0.1) is 0 Å². The lowest BCUT2D eigenvalue weighted by Crippen LogP contribution is -2.43. The Balaban J connectivity index is 3.99. The van der Waals surface area contributed by atoms with Crippen molar-refractivity contribution in [2.24, 2.45) is 0 Å². The fourth-order valence-corrected chi connectivity index (χ4v) is 0.775. The van der Waals surface area contributed by atoms with Crippen molar-refractivity contribution in [2.45, 2.75) is 52.4 Å². The molecule has 0 fully saturated rings. The van der Waals surface area contributed by atoms with E-state index in [-0.39, 0.29) is 10.9 Å². The highest BCUT2D eigenvalue weighted by Gasteiger charge is 2.23. The molecule has 0 spiro atoms. The van der Waals surface area contributed by atoms with E-state index in [0.717, 1.165) is 0 Å². The van der Waals surface area contributed by atoms with Crippen molar-refractivity contribution < 1.29 is 0 Å². The van der Waals surface area contributed by atoms with Crippen LogP contribution in [0.4, 0.5) is 0 Å². The van der Waals surface area contributed by atoms with Gasteiger partial charge in [-0.25, -0.2) is 0 Å². The summed E-state index contributed by atoms with van der Waals surface area (Å²) < 4.78 is 0. The lowest BCUT2D eigenvalue weighted by molar-refractivity contribution is 0.291. The van der Waals surface area contributed by atoms with Gasteiger partial charge >= 0.3 is 0 Å². The fraction of sp³-hybridized carbons (Fsp3) is 1.00. The second-order valence-corrected chi connectivity index (χ2v) is 5.28. The van der Waals surface area contributed by atoms with Crippen molar-refractivity contribution >= 4 is 7.41 Å². The molecule has 1 radical (unpaired) electrons. The second kappa shape index (κ2) is 3.18. The van der Waals surface area contributed by atoms with Crippen molar-refractivity contribution in [3.63, 3.8) is 0 Å². The third kappa shape index (κ3) is 5.31. The summed E-state index contributed by atoms with van der Waals surface area (Å²) >= 11 is 0. The third-order valence-corrected chi connectivity index (χ3v) is 1.64. The summed E-state index contributed by atoms with van der Waals surface area (Å²) in [5.41, 5.74) is 0.243. The molecule has 0 aromatic heterocycles. The normalized spacial score (nSPS) is 13.8. The van der Waals surface area contributed by atoms with Gasteiger partial charge in [-0.15, -0.1) is 0 Å². The molecule has 1 nitrogen and oxygen atoms in total. The van der Waals surface area contributed by atoms with Gasteiger partial charge in [0.1, 0.15) is 0 Å². The smallest absolute Gasteiger partial charge is 0.214 e. The molecule has 0 heterocycles. The van der Waals surface area contributed by atoms with Gasteiger partial charge < -0.3 is 4.81 Å². The topological polar surface area (TPSA) is 3.24 Å². The van der Waals surface area contributed by atoms with Gasteiger partial charge in [0.25, 0.3) is 0 Å². The van der Waals surface area contributed by atoms with E-state index in [2.05, 4.69) is 60.8 Å². The summed E-state index contributed by atoms with van der Waals surface area (Å²) in [5.74, 6) is 0. The highest BCUT2D eigenvalue weighted by Crippen LogP contribution is 2.24. The van der Waals surface area contributed by atoms with Crippen LogP contribution in [0.2, 0.25) is 5.31 Å². The Morgan fingerprint density at radius 1 is 0.909 bits per heavy atom. The van der Waals surface area contributed by atoms with Crippen LogP contribution in [0.3, 0.4) is 0 Å². The minimum absolute atomic E-state index is 0.243. The number of rotatable bonds is 1. The van der Waals surface area contributed by atoms with Crippen LogP contribution in [0.1, 0.15) is 41.5 Å². The zero-order valence-corrected chi connectivity index (χ0v) is 9.02. The van der Waals surface area contributed by atoms with E-state index in [1.54, 1.807) is 0 Å². The van der Waals surface area contributed by atoms with Crippen molar-refractivity contribution in [3.8, 4) is 0 Å². The largest absolute Gasteiger partial charge is 0.344 e. The fourth-order valence-electron chi connectivity index (χ4n) is 0.775. The SMILES string of the molecule is CN([B]C(C)(C)C)C(C)(C)C. The summed E-state index contributed by atoms with van der Waals surface area (Å²) in [5, 5.41) is 0.280. The van der Waals surface area contributed by atoms with Crippen molar-refractivity contribution in [1.29, 1.82) is 0 Å². The summed E-state index contributed by atoms with van der Waals surface area (Å²) in [6.07, 6.45) is 0. The molecule has 0 rings (SSSR count). The molecule has 0 atom stereocenters. The first-order valence-corrected chi connectivity index (χ1v) is 4.22. The van der Waals surface area contributed by atoms with Crippen LogP contribution in [-0.2, 0) is 0 Å². The minimum atomic E-state index is 0.243. The van der Waals surface area contributed by atoms with Gasteiger partial charge in [0.2, 0.25) is 7.41 Å². The monoisotopic (exact) mass is 154 g/mol. The van der Waals surface area contributed by atoms with Gasteiger partial charge in [-0.1, -0.05) is 20.8 Å². The van der Waals surface area contributed by atoms with Crippen LogP contribution in [-0.4, -0.2) is 24.8 Å². The Morgan fingerprint density at radius 2 is 1.27 bits per heavy atom. The maximum absolute atomic E-state index is 2.27. The van der Waals surface area contributed by atoms with Gasteiger partial charge in [-0.2, -0.15) is 0 Å². The van der Waals surface area contributed by atoms with Crippen LogP contribution in [0.25, 0.3) is 0 Å². The predicted molar refractivity (Wildman–Crippen MR) is 53.0 cm³/mol. The van der Waals surface area contributed by atoms with E-state index in [4.69, 9.17) is 0 Å². The van der Waals surface area contributed by atoms with Gasteiger partial charge in [0, 0.05) is 5.54 Å². The Morgan fingerprint density at radius 3 is 1.36 bits per heavy atom.